The SMILES string of the molecule is Nc1ccc(C2CCCN2C(=O)c2conc2C2CC2)nn1. The minimum Gasteiger partial charge on any atom is -0.382 e. The number of nitrogen functional groups attached to an aromatic ring is 1. The van der Waals surface area contributed by atoms with Gasteiger partial charge in [0.1, 0.15) is 17.6 Å². The maximum Gasteiger partial charge on any atom is 0.259 e. The van der Waals surface area contributed by atoms with Crippen LogP contribution in [-0.4, -0.2) is 32.7 Å². The first-order valence-corrected chi connectivity index (χ1v) is 7.58. The van der Waals surface area contributed by atoms with Gasteiger partial charge in [-0.1, -0.05) is 5.16 Å². The predicted molar refractivity (Wildman–Crippen MR) is 77.9 cm³/mol. The van der Waals surface area contributed by atoms with Gasteiger partial charge in [-0.05, 0) is 37.8 Å². The number of aromatic nitrogens is 3. The Bertz CT molecular complexity index is 692. The summed E-state index contributed by atoms with van der Waals surface area (Å²) in [7, 11) is 0. The topological polar surface area (TPSA) is 98.1 Å². The number of likely N-dealkylation sites (tertiary alicyclic amines) is 1. The number of anilines is 1. The van der Waals surface area contributed by atoms with Crippen LogP contribution in [0.25, 0.3) is 0 Å². The molecule has 1 aliphatic carbocycles. The van der Waals surface area contributed by atoms with Crippen molar-refractivity contribution < 1.29 is 9.32 Å². The van der Waals surface area contributed by atoms with Crippen molar-refractivity contribution in [1.29, 1.82) is 0 Å². The average molecular weight is 299 g/mol. The highest BCUT2D eigenvalue weighted by atomic mass is 16.5. The Labute approximate surface area is 127 Å². The maximum atomic E-state index is 12.9. The fourth-order valence-electron chi connectivity index (χ4n) is 3.06. The first kappa shape index (κ1) is 13.2. The molecule has 7 heteroatoms. The summed E-state index contributed by atoms with van der Waals surface area (Å²) in [5.41, 5.74) is 7.76. The van der Waals surface area contributed by atoms with Crippen molar-refractivity contribution in [3.05, 3.63) is 35.3 Å². The van der Waals surface area contributed by atoms with Gasteiger partial charge in [-0.2, -0.15) is 5.10 Å². The summed E-state index contributed by atoms with van der Waals surface area (Å²) in [6, 6.07) is 3.51. The smallest absolute Gasteiger partial charge is 0.259 e. The van der Waals surface area contributed by atoms with Crippen LogP contribution in [0, 0.1) is 0 Å². The first-order valence-electron chi connectivity index (χ1n) is 7.58. The van der Waals surface area contributed by atoms with Crippen molar-refractivity contribution in [2.75, 3.05) is 12.3 Å². The van der Waals surface area contributed by atoms with Crippen LogP contribution in [0.1, 0.15) is 59.4 Å². The van der Waals surface area contributed by atoms with E-state index in [2.05, 4.69) is 15.4 Å². The average Bonchev–Trinajstić information content (AvgIpc) is 3.07. The highest BCUT2D eigenvalue weighted by Crippen LogP contribution is 2.42. The molecule has 0 radical (unpaired) electrons. The van der Waals surface area contributed by atoms with Crippen molar-refractivity contribution in [3.63, 3.8) is 0 Å². The number of amides is 1. The highest BCUT2D eigenvalue weighted by Gasteiger charge is 2.37. The fourth-order valence-corrected chi connectivity index (χ4v) is 3.06. The molecule has 2 aliphatic rings. The Morgan fingerprint density at radius 3 is 2.86 bits per heavy atom. The van der Waals surface area contributed by atoms with E-state index in [4.69, 9.17) is 10.3 Å². The normalized spacial score (nSPS) is 21.3. The van der Waals surface area contributed by atoms with E-state index in [0.29, 0.717) is 23.8 Å². The van der Waals surface area contributed by atoms with Crippen LogP contribution in [0.15, 0.2) is 22.9 Å². The molecule has 1 saturated carbocycles. The summed E-state index contributed by atoms with van der Waals surface area (Å²) in [4.78, 5) is 14.7. The summed E-state index contributed by atoms with van der Waals surface area (Å²) in [5.74, 6) is 0.744. The molecule has 2 fully saturated rings. The van der Waals surface area contributed by atoms with E-state index in [1.54, 1.807) is 6.07 Å². The van der Waals surface area contributed by atoms with E-state index >= 15 is 0 Å². The molecule has 2 aromatic heterocycles. The van der Waals surface area contributed by atoms with Crippen LogP contribution in [-0.2, 0) is 0 Å². The van der Waals surface area contributed by atoms with E-state index in [9.17, 15) is 4.79 Å². The molecule has 0 spiro atoms. The minimum atomic E-state index is -0.0532. The fraction of sp³-hybridized carbons (Fsp3) is 0.467. The first-order chi connectivity index (χ1) is 10.7. The maximum absolute atomic E-state index is 12.9. The predicted octanol–water partition coefficient (Wildman–Crippen LogP) is 1.90. The van der Waals surface area contributed by atoms with E-state index in [1.165, 1.54) is 6.26 Å². The molecule has 22 heavy (non-hydrogen) atoms. The van der Waals surface area contributed by atoms with Crippen molar-refractivity contribution >= 4 is 11.7 Å². The summed E-state index contributed by atoms with van der Waals surface area (Å²) < 4.78 is 5.04. The lowest BCUT2D eigenvalue weighted by molar-refractivity contribution is 0.0730. The Balaban J connectivity index is 1.61. The second-order valence-electron chi connectivity index (χ2n) is 5.93. The molecule has 1 amide bonds. The number of nitrogens with two attached hydrogens (primary N) is 1. The highest BCUT2D eigenvalue weighted by molar-refractivity contribution is 5.95. The molecule has 114 valence electrons. The monoisotopic (exact) mass is 299 g/mol. The molecule has 3 heterocycles. The van der Waals surface area contributed by atoms with Crippen molar-refractivity contribution in [3.8, 4) is 0 Å². The van der Waals surface area contributed by atoms with E-state index < -0.39 is 0 Å². The number of hydrogen-bond acceptors (Lipinski definition) is 6. The number of rotatable bonds is 3. The van der Waals surface area contributed by atoms with Crippen LogP contribution in [0.3, 0.4) is 0 Å². The molecular weight excluding hydrogens is 282 g/mol. The number of carbonyl (C=O) groups excluding carboxylic acids is 1. The van der Waals surface area contributed by atoms with Gasteiger partial charge in [-0.3, -0.25) is 4.79 Å². The standard InChI is InChI=1S/C15H17N5O2/c16-13-6-5-11(17-18-13)12-2-1-7-20(12)15(21)10-8-22-19-14(10)9-3-4-9/h5-6,8-9,12H,1-4,7H2,(H2,16,18). The van der Waals surface area contributed by atoms with Crippen LogP contribution in [0.4, 0.5) is 5.82 Å². The minimum absolute atomic E-state index is 0.0238. The largest absolute Gasteiger partial charge is 0.382 e. The van der Waals surface area contributed by atoms with Crippen LogP contribution >= 0.6 is 0 Å². The van der Waals surface area contributed by atoms with E-state index in [1.807, 2.05) is 11.0 Å². The van der Waals surface area contributed by atoms with Crippen molar-refractivity contribution in [1.82, 2.24) is 20.3 Å². The Morgan fingerprint density at radius 1 is 1.27 bits per heavy atom. The zero-order valence-corrected chi connectivity index (χ0v) is 12.1. The summed E-state index contributed by atoms with van der Waals surface area (Å²) >= 11 is 0. The van der Waals surface area contributed by atoms with Gasteiger partial charge in [0.25, 0.3) is 5.91 Å². The molecule has 0 aromatic carbocycles. The second-order valence-corrected chi connectivity index (χ2v) is 5.93. The molecule has 1 unspecified atom stereocenters. The van der Waals surface area contributed by atoms with E-state index in [0.717, 1.165) is 37.1 Å². The van der Waals surface area contributed by atoms with E-state index in [-0.39, 0.29) is 11.9 Å². The van der Waals surface area contributed by atoms with Crippen LogP contribution in [0.2, 0.25) is 0 Å². The third kappa shape index (κ3) is 2.22. The van der Waals surface area contributed by atoms with Crippen LogP contribution < -0.4 is 5.73 Å². The number of nitrogens with zero attached hydrogens (tertiary/aromatic N) is 4. The van der Waals surface area contributed by atoms with Crippen molar-refractivity contribution in [2.24, 2.45) is 0 Å². The summed E-state index contributed by atoms with van der Waals surface area (Å²) in [5, 5.41) is 12.0. The lowest BCUT2D eigenvalue weighted by atomic mass is 10.1. The molecular formula is C15H17N5O2. The van der Waals surface area contributed by atoms with Crippen LogP contribution in [0.5, 0.6) is 0 Å². The molecule has 0 bridgehead atoms. The summed E-state index contributed by atoms with van der Waals surface area (Å²) in [6.45, 7) is 0.713. The Morgan fingerprint density at radius 2 is 2.14 bits per heavy atom. The molecule has 1 aliphatic heterocycles. The van der Waals surface area contributed by atoms with Gasteiger partial charge in [0.15, 0.2) is 0 Å². The quantitative estimate of drug-likeness (QED) is 0.929. The molecule has 1 saturated heterocycles. The molecule has 4 rings (SSSR count). The zero-order valence-electron chi connectivity index (χ0n) is 12.1. The Hall–Kier alpha value is -2.44. The third-order valence-electron chi connectivity index (χ3n) is 4.35. The van der Waals surface area contributed by atoms with Gasteiger partial charge >= 0.3 is 0 Å². The van der Waals surface area contributed by atoms with Gasteiger partial charge in [-0.25, -0.2) is 0 Å². The lowest BCUT2D eigenvalue weighted by Crippen LogP contribution is -2.31. The van der Waals surface area contributed by atoms with Gasteiger partial charge in [0.2, 0.25) is 0 Å². The van der Waals surface area contributed by atoms with Crippen molar-refractivity contribution in [2.45, 2.75) is 37.6 Å². The number of hydrogen-bond donors (Lipinski definition) is 1. The zero-order chi connectivity index (χ0) is 15.1. The molecule has 2 aromatic rings. The number of carbonyl (C=O) groups is 1. The van der Waals surface area contributed by atoms with Gasteiger partial charge in [0, 0.05) is 12.5 Å². The summed E-state index contributed by atoms with van der Waals surface area (Å²) in [6.07, 6.45) is 5.47. The van der Waals surface area contributed by atoms with Gasteiger partial charge in [-0.15, -0.1) is 5.10 Å². The van der Waals surface area contributed by atoms with Gasteiger partial charge in [0.05, 0.1) is 17.4 Å². The van der Waals surface area contributed by atoms with Gasteiger partial charge < -0.3 is 15.2 Å². The molecule has 7 nitrogen and oxygen atoms in total. The molecule has 1 atom stereocenters. The third-order valence-corrected chi connectivity index (χ3v) is 4.35. The second kappa shape index (κ2) is 5.08. The lowest BCUT2D eigenvalue weighted by Gasteiger charge is -2.23. The molecule has 2 N–H and O–H groups in total. The Kier molecular flexibility index (Phi) is 3.06.